The van der Waals surface area contributed by atoms with E-state index in [-0.39, 0.29) is 0 Å². The van der Waals surface area contributed by atoms with Crippen molar-refractivity contribution in [2.45, 2.75) is 13.5 Å². The summed E-state index contributed by atoms with van der Waals surface area (Å²) in [6.07, 6.45) is 0. The van der Waals surface area contributed by atoms with E-state index in [9.17, 15) is 0 Å². The Morgan fingerprint density at radius 3 is 2.63 bits per heavy atom. The zero-order valence-electron chi connectivity index (χ0n) is 10.6. The molecule has 2 nitrogen and oxygen atoms in total. The Morgan fingerprint density at radius 2 is 1.84 bits per heavy atom. The van der Waals surface area contributed by atoms with Crippen molar-refractivity contribution in [2.75, 3.05) is 6.54 Å². The van der Waals surface area contributed by atoms with Gasteiger partial charge >= 0.3 is 0 Å². The topological polar surface area (TPSA) is 21.3 Å². The maximum Gasteiger partial charge on any atom is 0.147 e. The molecule has 0 bridgehead atoms. The van der Waals surface area contributed by atoms with Gasteiger partial charge in [0.1, 0.15) is 11.5 Å². The van der Waals surface area contributed by atoms with Gasteiger partial charge in [-0.3, -0.25) is 0 Å². The van der Waals surface area contributed by atoms with Gasteiger partial charge < -0.3 is 10.1 Å². The van der Waals surface area contributed by atoms with Crippen molar-refractivity contribution < 1.29 is 4.74 Å². The lowest BCUT2D eigenvalue weighted by molar-refractivity contribution is 0.473. The molecule has 100 valence electrons. The molecule has 2 aromatic rings. The van der Waals surface area contributed by atoms with Crippen LogP contribution in [0.15, 0.2) is 42.5 Å². The van der Waals surface area contributed by atoms with Crippen LogP contribution in [0.4, 0.5) is 0 Å². The SMILES string of the molecule is CCNCc1ccccc1Oc1cc(Cl)ccc1Cl. The van der Waals surface area contributed by atoms with Crippen LogP contribution in [0.2, 0.25) is 10.0 Å². The van der Waals surface area contributed by atoms with Crippen molar-refractivity contribution in [3.63, 3.8) is 0 Å². The van der Waals surface area contributed by atoms with Crippen LogP contribution in [-0.2, 0) is 6.54 Å². The van der Waals surface area contributed by atoms with Crippen LogP contribution < -0.4 is 10.1 Å². The van der Waals surface area contributed by atoms with Gasteiger partial charge in [0.2, 0.25) is 0 Å². The summed E-state index contributed by atoms with van der Waals surface area (Å²) in [4.78, 5) is 0. The molecule has 0 heterocycles. The van der Waals surface area contributed by atoms with Gasteiger partial charge in [-0.05, 0) is 24.7 Å². The largest absolute Gasteiger partial charge is 0.455 e. The van der Waals surface area contributed by atoms with Crippen LogP contribution in [0.25, 0.3) is 0 Å². The molecule has 0 fully saturated rings. The van der Waals surface area contributed by atoms with Gasteiger partial charge in [-0.15, -0.1) is 0 Å². The molecule has 0 spiro atoms. The summed E-state index contributed by atoms with van der Waals surface area (Å²) in [5, 5.41) is 4.42. The summed E-state index contributed by atoms with van der Waals surface area (Å²) in [6.45, 7) is 3.73. The quantitative estimate of drug-likeness (QED) is 0.847. The van der Waals surface area contributed by atoms with E-state index < -0.39 is 0 Å². The van der Waals surface area contributed by atoms with Crippen LogP contribution >= 0.6 is 23.2 Å². The number of ether oxygens (including phenoxy) is 1. The summed E-state index contributed by atoms with van der Waals surface area (Å²) in [6, 6.07) is 13.0. The predicted molar refractivity (Wildman–Crippen MR) is 80.4 cm³/mol. The molecule has 1 N–H and O–H groups in total. The predicted octanol–water partition coefficient (Wildman–Crippen LogP) is 4.90. The molecule has 0 saturated carbocycles. The second-order valence-corrected chi connectivity index (χ2v) is 4.91. The fourth-order valence-corrected chi connectivity index (χ4v) is 2.00. The lowest BCUT2D eigenvalue weighted by Crippen LogP contribution is -2.12. The molecule has 0 radical (unpaired) electrons. The second-order valence-electron chi connectivity index (χ2n) is 4.06. The molecule has 2 rings (SSSR count). The second kappa shape index (κ2) is 6.80. The molecule has 0 amide bonds. The summed E-state index contributed by atoms with van der Waals surface area (Å²) in [5.74, 6) is 1.35. The molecule has 19 heavy (non-hydrogen) atoms. The van der Waals surface area contributed by atoms with Crippen LogP contribution in [0.1, 0.15) is 12.5 Å². The highest BCUT2D eigenvalue weighted by atomic mass is 35.5. The fraction of sp³-hybridized carbons (Fsp3) is 0.200. The van der Waals surface area contributed by atoms with Gasteiger partial charge in [0.25, 0.3) is 0 Å². The number of nitrogens with one attached hydrogen (secondary N) is 1. The highest BCUT2D eigenvalue weighted by molar-refractivity contribution is 6.34. The average molecular weight is 296 g/mol. The van der Waals surface area contributed by atoms with Crippen molar-refractivity contribution in [1.29, 1.82) is 0 Å². The van der Waals surface area contributed by atoms with E-state index in [1.54, 1.807) is 18.2 Å². The van der Waals surface area contributed by atoms with Gasteiger partial charge in [0.05, 0.1) is 5.02 Å². The third-order valence-electron chi connectivity index (χ3n) is 2.65. The standard InChI is InChI=1S/C15H15Cl2NO/c1-2-18-10-11-5-3-4-6-14(11)19-15-9-12(16)7-8-13(15)17/h3-9,18H,2,10H2,1H3. The van der Waals surface area contributed by atoms with E-state index in [1.807, 2.05) is 24.3 Å². The minimum atomic E-state index is 0.544. The summed E-state index contributed by atoms with van der Waals surface area (Å²) in [5.41, 5.74) is 1.08. The Kier molecular flexibility index (Phi) is 5.08. The van der Waals surface area contributed by atoms with Crippen molar-refractivity contribution in [2.24, 2.45) is 0 Å². The van der Waals surface area contributed by atoms with Crippen molar-refractivity contribution in [3.8, 4) is 11.5 Å². The van der Waals surface area contributed by atoms with Crippen molar-refractivity contribution in [1.82, 2.24) is 5.32 Å². The summed E-state index contributed by atoms with van der Waals surface area (Å²) < 4.78 is 5.86. The molecular weight excluding hydrogens is 281 g/mol. The van der Waals surface area contributed by atoms with E-state index in [0.717, 1.165) is 24.4 Å². The number of hydrogen-bond acceptors (Lipinski definition) is 2. The average Bonchev–Trinajstić information content (AvgIpc) is 2.42. The number of rotatable bonds is 5. The zero-order valence-corrected chi connectivity index (χ0v) is 12.1. The Morgan fingerprint density at radius 1 is 1.05 bits per heavy atom. The first kappa shape index (κ1) is 14.2. The summed E-state index contributed by atoms with van der Waals surface area (Å²) >= 11 is 12.1. The Balaban J connectivity index is 2.25. The van der Waals surface area contributed by atoms with Crippen LogP contribution in [0.5, 0.6) is 11.5 Å². The van der Waals surface area contributed by atoms with Crippen molar-refractivity contribution >= 4 is 23.2 Å². The fourth-order valence-electron chi connectivity index (χ4n) is 1.68. The molecular formula is C15H15Cl2NO. The first-order valence-electron chi connectivity index (χ1n) is 6.12. The third kappa shape index (κ3) is 3.87. The Hall–Kier alpha value is -1.22. The first-order valence-corrected chi connectivity index (χ1v) is 6.88. The van der Waals surface area contributed by atoms with Crippen LogP contribution in [0, 0.1) is 0 Å². The van der Waals surface area contributed by atoms with Gasteiger partial charge in [-0.25, -0.2) is 0 Å². The van der Waals surface area contributed by atoms with E-state index in [2.05, 4.69) is 12.2 Å². The number of hydrogen-bond donors (Lipinski definition) is 1. The number of benzene rings is 2. The molecule has 0 aliphatic carbocycles. The molecule has 4 heteroatoms. The number of halogens is 2. The van der Waals surface area contributed by atoms with Gasteiger partial charge in [0.15, 0.2) is 0 Å². The maximum atomic E-state index is 6.10. The molecule has 0 aliphatic rings. The molecule has 0 aromatic heterocycles. The molecule has 0 atom stereocenters. The smallest absolute Gasteiger partial charge is 0.147 e. The van der Waals surface area contributed by atoms with Crippen LogP contribution in [-0.4, -0.2) is 6.54 Å². The molecule has 0 unspecified atom stereocenters. The summed E-state index contributed by atoms with van der Waals surface area (Å²) in [7, 11) is 0. The highest BCUT2D eigenvalue weighted by Crippen LogP contribution is 2.33. The van der Waals surface area contributed by atoms with E-state index >= 15 is 0 Å². The monoisotopic (exact) mass is 295 g/mol. The zero-order chi connectivity index (χ0) is 13.7. The molecule has 2 aromatic carbocycles. The third-order valence-corrected chi connectivity index (χ3v) is 3.20. The normalized spacial score (nSPS) is 10.5. The van der Waals surface area contributed by atoms with E-state index in [4.69, 9.17) is 27.9 Å². The van der Waals surface area contributed by atoms with Gasteiger partial charge in [0, 0.05) is 23.2 Å². The molecule has 0 aliphatic heterocycles. The van der Waals surface area contributed by atoms with Crippen LogP contribution in [0.3, 0.4) is 0 Å². The van der Waals surface area contributed by atoms with Crippen molar-refractivity contribution in [3.05, 3.63) is 58.1 Å². The number of para-hydroxylation sites is 1. The minimum Gasteiger partial charge on any atom is -0.455 e. The minimum absolute atomic E-state index is 0.544. The molecule has 0 saturated heterocycles. The highest BCUT2D eigenvalue weighted by Gasteiger charge is 2.07. The maximum absolute atomic E-state index is 6.10. The van der Waals surface area contributed by atoms with E-state index in [1.165, 1.54) is 0 Å². The lowest BCUT2D eigenvalue weighted by atomic mass is 10.2. The lowest BCUT2D eigenvalue weighted by Gasteiger charge is -2.12. The van der Waals surface area contributed by atoms with Gasteiger partial charge in [-0.2, -0.15) is 0 Å². The Labute approximate surface area is 123 Å². The van der Waals surface area contributed by atoms with Gasteiger partial charge in [-0.1, -0.05) is 48.3 Å². The Bertz CT molecular complexity index is 558. The first-order chi connectivity index (χ1) is 9.20. The van der Waals surface area contributed by atoms with E-state index in [0.29, 0.717) is 15.8 Å².